The summed E-state index contributed by atoms with van der Waals surface area (Å²) in [5.41, 5.74) is -0.0989. The fourth-order valence-corrected chi connectivity index (χ4v) is 3.01. The van der Waals surface area contributed by atoms with Gasteiger partial charge in [-0.25, -0.2) is 12.7 Å². The zero-order chi connectivity index (χ0) is 13.4. The number of sulfonamides is 1. The van der Waals surface area contributed by atoms with Crippen molar-refractivity contribution in [2.45, 2.75) is 4.90 Å². The lowest BCUT2D eigenvalue weighted by atomic mass is 10.2. The molecule has 0 unspecified atom stereocenters. The third-order valence-electron chi connectivity index (χ3n) is 1.99. The van der Waals surface area contributed by atoms with Gasteiger partial charge in [-0.2, -0.15) is 0 Å². The third kappa shape index (κ3) is 2.92. The van der Waals surface area contributed by atoms with E-state index >= 15 is 0 Å². The van der Waals surface area contributed by atoms with Crippen molar-refractivity contribution in [1.82, 2.24) is 4.31 Å². The molecule has 0 saturated carbocycles. The van der Waals surface area contributed by atoms with Gasteiger partial charge in [0.25, 0.3) is 5.24 Å². The van der Waals surface area contributed by atoms with E-state index in [9.17, 15) is 13.2 Å². The molecule has 0 fully saturated rings. The van der Waals surface area contributed by atoms with Crippen LogP contribution in [0.1, 0.15) is 10.4 Å². The van der Waals surface area contributed by atoms with Crippen LogP contribution < -0.4 is 0 Å². The van der Waals surface area contributed by atoms with Crippen LogP contribution >= 0.6 is 34.8 Å². The lowest BCUT2D eigenvalue weighted by molar-refractivity contribution is 0.108. The highest BCUT2D eigenvalue weighted by molar-refractivity contribution is 7.89. The van der Waals surface area contributed by atoms with E-state index in [0.717, 1.165) is 10.4 Å². The van der Waals surface area contributed by atoms with E-state index in [4.69, 9.17) is 34.8 Å². The van der Waals surface area contributed by atoms with Crippen LogP contribution in [-0.2, 0) is 10.0 Å². The van der Waals surface area contributed by atoms with Gasteiger partial charge >= 0.3 is 0 Å². The van der Waals surface area contributed by atoms with Crippen molar-refractivity contribution in [3.8, 4) is 0 Å². The average Bonchev–Trinajstić information content (AvgIpc) is 2.15. The lowest BCUT2D eigenvalue weighted by Gasteiger charge is -2.13. The molecule has 0 saturated heterocycles. The number of halogens is 3. The molecule has 0 aliphatic heterocycles. The first-order chi connectivity index (χ1) is 7.67. The first-order valence-electron chi connectivity index (χ1n) is 4.29. The molecule has 4 nitrogen and oxygen atoms in total. The summed E-state index contributed by atoms with van der Waals surface area (Å²) in [5, 5.41) is -0.903. The summed E-state index contributed by atoms with van der Waals surface area (Å²) < 4.78 is 24.7. The maximum Gasteiger partial charge on any atom is 0.253 e. The molecule has 0 bridgehead atoms. The standard InChI is InChI=1S/C9H8Cl3NO3S/c1-13(2)17(15,16)8-3-5(9(12)14)6(10)4-7(8)11/h3-4H,1-2H3. The fourth-order valence-electron chi connectivity index (χ4n) is 1.07. The van der Waals surface area contributed by atoms with Gasteiger partial charge in [0.1, 0.15) is 4.90 Å². The van der Waals surface area contributed by atoms with Crippen molar-refractivity contribution in [2.24, 2.45) is 0 Å². The largest absolute Gasteiger partial charge is 0.276 e. The topological polar surface area (TPSA) is 54.5 Å². The van der Waals surface area contributed by atoms with E-state index in [1.807, 2.05) is 0 Å². The minimum atomic E-state index is -3.75. The van der Waals surface area contributed by atoms with Crippen LogP contribution in [0.5, 0.6) is 0 Å². The molecule has 94 valence electrons. The van der Waals surface area contributed by atoms with E-state index in [2.05, 4.69) is 0 Å². The van der Waals surface area contributed by atoms with Crippen molar-refractivity contribution >= 4 is 50.1 Å². The fraction of sp³-hybridized carbons (Fsp3) is 0.222. The predicted molar refractivity (Wildman–Crippen MR) is 67.5 cm³/mol. The summed E-state index contributed by atoms with van der Waals surface area (Å²) in [5.74, 6) is 0. The molecular weight excluding hydrogens is 309 g/mol. The highest BCUT2D eigenvalue weighted by Crippen LogP contribution is 2.30. The van der Waals surface area contributed by atoms with E-state index in [1.54, 1.807) is 0 Å². The maximum absolute atomic E-state index is 11.9. The van der Waals surface area contributed by atoms with E-state index in [-0.39, 0.29) is 20.5 Å². The highest BCUT2D eigenvalue weighted by atomic mass is 35.5. The summed E-state index contributed by atoms with van der Waals surface area (Å²) in [6.07, 6.45) is 0. The van der Waals surface area contributed by atoms with Gasteiger partial charge in [-0.15, -0.1) is 0 Å². The van der Waals surface area contributed by atoms with Crippen molar-refractivity contribution in [3.63, 3.8) is 0 Å². The average molecular weight is 317 g/mol. The quantitative estimate of drug-likeness (QED) is 0.806. The molecule has 8 heteroatoms. The zero-order valence-electron chi connectivity index (χ0n) is 8.87. The second-order valence-corrected chi connectivity index (χ2v) is 6.60. The Labute approximate surface area is 114 Å². The van der Waals surface area contributed by atoms with Crippen molar-refractivity contribution in [1.29, 1.82) is 0 Å². The van der Waals surface area contributed by atoms with Gasteiger partial charge in [-0.1, -0.05) is 23.2 Å². The molecule has 0 aliphatic rings. The smallest absolute Gasteiger partial charge is 0.253 e. The van der Waals surface area contributed by atoms with Crippen LogP contribution in [0, 0.1) is 0 Å². The SMILES string of the molecule is CN(C)S(=O)(=O)c1cc(C(=O)Cl)c(Cl)cc1Cl. The first-order valence-corrected chi connectivity index (χ1v) is 6.86. The Balaban J connectivity index is 3.57. The van der Waals surface area contributed by atoms with Gasteiger partial charge in [0, 0.05) is 14.1 Å². The summed E-state index contributed by atoms with van der Waals surface area (Å²) in [4.78, 5) is 10.8. The van der Waals surface area contributed by atoms with Crippen LogP contribution in [0.2, 0.25) is 10.0 Å². The summed E-state index contributed by atoms with van der Waals surface area (Å²) in [6.45, 7) is 0. The predicted octanol–water partition coefficient (Wildman–Crippen LogP) is 2.62. The third-order valence-corrected chi connectivity index (χ3v) is 4.79. The van der Waals surface area contributed by atoms with Gasteiger partial charge in [0.05, 0.1) is 15.6 Å². The second-order valence-electron chi connectivity index (χ2n) is 3.32. The minimum Gasteiger partial charge on any atom is -0.276 e. The molecule has 0 amide bonds. The molecule has 1 aromatic carbocycles. The maximum atomic E-state index is 11.9. The molecule has 0 atom stereocenters. The Morgan fingerprint density at radius 1 is 1.18 bits per heavy atom. The van der Waals surface area contributed by atoms with Crippen LogP contribution in [0.15, 0.2) is 17.0 Å². The molecule has 1 rings (SSSR count). The van der Waals surface area contributed by atoms with Gasteiger partial charge in [0.2, 0.25) is 10.0 Å². The van der Waals surface area contributed by atoms with Crippen molar-refractivity contribution in [3.05, 3.63) is 27.7 Å². The van der Waals surface area contributed by atoms with Crippen molar-refractivity contribution in [2.75, 3.05) is 14.1 Å². The monoisotopic (exact) mass is 315 g/mol. The molecule has 0 aliphatic carbocycles. The van der Waals surface area contributed by atoms with Crippen LogP contribution in [0.3, 0.4) is 0 Å². The van der Waals surface area contributed by atoms with Crippen LogP contribution in [0.25, 0.3) is 0 Å². The molecular formula is C9H8Cl3NO3S. The molecule has 0 spiro atoms. The number of nitrogens with zero attached hydrogens (tertiary/aromatic N) is 1. The van der Waals surface area contributed by atoms with E-state index < -0.39 is 15.3 Å². The normalized spacial score (nSPS) is 11.9. The van der Waals surface area contributed by atoms with Gasteiger partial charge in [-0.05, 0) is 23.7 Å². The first kappa shape index (κ1) is 14.7. The number of carbonyl (C=O) groups excluding carboxylic acids is 1. The second kappa shape index (κ2) is 5.12. The Morgan fingerprint density at radius 3 is 2.12 bits per heavy atom. The molecule has 0 aromatic heterocycles. The number of hydrogen-bond donors (Lipinski definition) is 0. The number of rotatable bonds is 3. The lowest BCUT2D eigenvalue weighted by Crippen LogP contribution is -2.22. The minimum absolute atomic E-state index is 0.00714. The van der Waals surface area contributed by atoms with Gasteiger partial charge < -0.3 is 0 Å². The Hall–Kier alpha value is -0.330. The van der Waals surface area contributed by atoms with Gasteiger partial charge in [-0.3, -0.25) is 4.79 Å². The van der Waals surface area contributed by atoms with Crippen molar-refractivity contribution < 1.29 is 13.2 Å². The summed E-state index contributed by atoms with van der Waals surface area (Å²) in [7, 11) is -1.05. The highest BCUT2D eigenvalue weighted by Gasteiger charge is 2.23. The number of carbonyl (C=O) groups is 1. The molecule has 17 heavy (non-hydrogen) atoms. The molecule has 0 radical (unpaired) electrons. The number of benzene rings is 1. The molecule has 0 heterocycles. The van der Waals surface area contributed by atoms with E-state index in [0.29, 0.717) is 0 Å². The number of hydrogen-bond acceptors (Lipinski definition) is 3. The summed E-state index contributed by atoms with van der Waals surface area (Å²) >= 11 is 16.8. The zero-order valence-corrected chi connectivity index (χ0v) is 12.0. The summed E-state index contributed by atoms with van der Waals surface area (Å²) in [6, 6.07) is 2.24. The molecule has 1 aromatic rings. The van der Waals surface area contributed by atoms with Gasteiger partial charge in [0.15, 0.2) is 0 Å². The Bertz CT molecular complexity index is 569. The van der Waals surface area contributed by atoms with Crippen LogP contribution in [-0.4, -0.2) is 32.1 Å². The van der Waals surface area contributed by atoms with Crippen LogP contribution in [0.4, 0.5) is 0 Å². The van der Waals surface area contributed by atoms with E-state index in [1.165, 1.54) is 20.2 Å². The Kier molecular flexibility index (Phi) is 4.43. The molecule has 0 N–H and O–H groups in total. The Morgan fingerprint density at radius 2 is 1.71 bits per heavy atom.